The van der Waals surface area contributed by atoms with Gasteiger partial charge in [-0.1, -0.05) is 13.3 Å². The van der Waals surface area contributed by atoms with Crippen molar-refractivity contribution in [2.75, 3.05) is 6.54 Å². The predicted octanol–water partition coefficient (Wildman–Crippen LogP) is 1.83. The lowest BCUT2D eigenvalue weighted by atomic mass is 10.0. The maximum atomic E-state index is 12.3. The van der Waals surface area contributed by atoms with Crippen LogP contribution in [0.3, 0.4) is 0 Å². The van der Waals surface area contributed by atoms with Gasteiger partial charge in [-0.3, -0.25) is 0 Å². The molecule has 1 saturated carbocycles. The van der Waals surface area contributed by atoms with E-state index in [0.29, 0.717) is 18.0 Å². The summed E-state index contributed by atoms with van der Waals surface area (Å²) in [5, 5.41) is 0. The molecule has 5 nitrogen and oxygen atoms in total. The number of hydrogen-bond donors (Lipinski definition) is 2. The van der Waals surface area contributed by atoms with Crippen molar-refractivity contribution in [3.8, 4) is 0 Å². The Balaban J connectivity index is 2.08. The molecule has 1 aliphatic carbocycles. The van der Waals surface area contributed by atoms with E-state index < -0.39 is 10.0 Å². The third-order valence-electron chi connectivity index (χ3n) is 4.20. The molecule has 0 aliphatic heterocycles. The highest BCUT2D eigenvalue weighted by molar-refractivity contribution is 7.89. The quantitative estimate of drug-likeness (QED) is 0.768. The fourth-order valence-electron chi connectivity index (χ4n) is 2.69. The van der Waals surface area contributed by atoms with E-state index in [1.165, 1.54) is 0 Å². The number of nitrogens with one attached hydrogen (secondary N) is 1. The number of nitrogens with two attached hydrogens (primary N) is 1. The Kier molecular flexibility index (Phi) is 4.56. The maximum Gasteiger partial charge on any atom is 0.242 e. The van der Waals surface area contributed by atoms with Gasteiger partial charge in [0, 0.05) is 31.5 Å². The Morgan fingerprint density at radius 2 is 2.10 bits per heavy atom. The fourth-order valence-corrected chi connectivity index (χ4v) is 3.91. The summed E-state index contributed by atoms with van der Waals surface area (Å²) in [5.74, 6) is 0. The second-order valence-corrected chi connectivity index (χ2v) is 7.50. The van der Waals surface area contributed by atoms with Crippen molar-refractivity contribution in [1.29, 1.82) is 0 Å². The molecule has 1 heterocycles. The van der Waals surface area contributed by atoms with Gasteiger partial charge >= 0.3 is 0 Å². The zero-order chi connectivity index (χ0) is 14.8. The molecule has 1 aromatic heterocycles. The molecule has 1 fully saturated rings. The van der Waals surface area contributed by atoms with Crippen molar-refractivity contribution < 1.29 is 8.42 Å². The first-order valence-corrected chi connectivity index (χ1v) is 8.83. The van der Waals surface area contributed by atoms with Crippen LogP contribution in [0.1, 0.15) is 45.2 Å². The lowest BCUT2D eigenvalue weighted by Gasteiger charge is -2.14. The first-order chi connectivity index (χ1) is 9.46. The van der Waals surface area contributed by atoms with Crippen molar-refractivity contribution in [1.82, 2.24) is 9.29 Å². The largest absolute Gasteiger partial charge is 0.349 e. The molecule has 0 bridgehead atoms. The van der Waals surface area contributed by atoms with Gasteiger partial charge in [0.2, 0.25) is 10.0 Å². The minimum absolute atomic E-state index is 0.214. The smallest absolute Gasteiger partial charge is 0.242 e. The molecule has 20 heavy (non-hydrogen) atoms. The Bertz CT molecular complexity index is 537. The van der Waals surface area contributed by atoms with Crippen LogP contribution < -0.4 is 10.5 Å². The first kappa shape index (κ1) is 15.5. The summed E-state index contributed by atoms with van der Waals surface area (Å²) < 4.78 is 29.3. The molecular weight excluding hydrogens is 274 g/mol. The molecule has 2 rings (SSSR count). The van der Waals surface area contributed by atoms with E-state index in [1.807, 2.05) is 11.5 Å². The van der Waals surface area contributed by atoms with Gasteiger partial charge in [-0.25, -0.2) is 13.1 Å². The molecule has 6 heteroatoms. The van der Waals surface area contributed by atoms with Crippen molar-refractivity contribution in [2.24, 2.45) is 11.1 Å². The summed E-state index contributed by atoms with van der Waals surface area (Å²) >= 11 is 0. The van der Waals surface area contributed by atoms with E-state index in [9.17, 15) is 8.42 Å². The summed E-state index contributed by atoms with van der Waals surface area (Å²) in [6, 6.07) is 1.67. The molecule has 0 amide bonds. The lowest BCUT2D eigenvalue weighted by Crippen LogP contribution is -2.30. The van der Waals surface area contributed by atoms with Crippen LogP contribution in [-0.4, -0.2) is 19.5 Å². The maximum absolute atomic E-state index is 12.3. The van der Waals surface area contributed by atoms with Gasteiger partial charge < -0.3 is 10.3 Å². The van der Waals surface area contributed by atoms with Crippen molar-refractivity contribution in [3.63, 3.8) is 0 Å². The van der Waals surface area contributed by atoms with E-state index in [1.54, 1.807) is 12.3 Å². The molecule has 1 aliphatic rings. The third-order valence-corrected chi connectivity index (χ3v) is 5.56. The van der Waals surface area contributed by atoms with Crippen LogP contribution in [0.25, 0.3) is 0 Å². The SMILES string of the molecule is CCCC1(CNS(=O)(=O)c2cc(CN)n(CC)c2)CC1. The van der Waals surface area contributed by atoms with Gasteiger partial charge in [0.05, 0.1) is 4.90 Å². The summed E-state index contributed by atoms with van der Waals surface area (Å²) in [6.45, 7) is 5.75. The Morgan fingerprint density at radius 1 is 1.40 bits per heavy atom. The molecular formula is C14H25N3O2S. The number of aryl methyl sites for hydroxylation is 1. The van der Waals surface area contributed by atoms with Gasteiger partial charge in [-0.15, -0.1) is 0 Å². The molecule has 0 spiro atoms. The summed E-state index contributed by atoms with van der Waals surface area (Å²) in [5.41, 5.74) is 6.70. The normalized spacial score (nSPS) is 17.4. The molecule has 0 aromatic carbocycles. The fraction of sp³-hybridized carbons (Fsp3) is 0.714. The predicted molar refractivity (Wildman–Crippen MR) is 79.8 cm³/mol. The molecule has 0 saturated heterocycles. The monoisotopic (exact) mass is 299 g/mol. The third kappa shape index (κ3) is 3.24. The highest BCUT2D eigenvalue weighted by Crippen LogP contribution is 2.49. The highest BCUT2D eigenvalue weighted by atomic mass is 32.2. The Hall–Kier alpha value is -0.850. The number of sulfonamides is 1. The van der Waals surface area contributed by atoms with Crippen molar-refractivity contribution >= 4 is 10.0 Å². The van der Waals surface area contributed by atoms with E-state index >= 15 is 0 Å². The average Bonchev–Trinajstić information content (AvgIpc) is 3.05. The number of hydrogen-bond acceptors (Lipinski definition) is 3. The van der Waals surface area contributed by atoms with Crippen LogP contribution in [0.2, 0.25) is 0 Å². The van der Waals surface area contributed by atoms with Gasteiger partial charge in [-0.2, -0.15) is 0 Å². The van der Waals surface area contributed by atoms with E-state index in [0.717, 1.165) is 37.9 Å². The van der Waals surface area contributed by atoms with Crippen LogP contribution in [0.4, 0.5) is 0 Å². The number of nitrogens with zero attached hydrogens (tertiary/aromatic N) is 1. The van der Waals surface area contributed by atoms with Gasteiger partial charge in [-0.05, 0) is 37.7 Å². The lowest BCUT2D eigenvalue weighted by molar-refractivity contribution is 0.449. The second-order valence-electron chi connectivity index (χ2n) is 5.73. The number of rotatable bonds is 8. The molecule has 0 radical (unpaired) electrons. The van der Waals surface area contributed by atoms with Crippen LogP contribution in [0, 0.1) is 5.41 Å². The van der Waals surface area contributed by atoms with Gasteiger partial charge in [0.25, 0.3) is 0 Å². The number of aromatic nitrogens is 1. The zero-order valence-electron chi connectivity index (χ0n) is 12.4. The van der Waals surface area contributed by atoms with Crippen molar-refractivity contribution in [3.05, 3.63) is 18.0 Å². The molecule has 1 aromatic rings. The minimum atomic E-state index is -3.42. The average molecular weight is 299 g/mol. The van der Waals surface area contributed by atoms with Crippen LogP contribution in [-0.2, 0) is 23.1 Å². The standard InChI is InChI=1S/C14H25N3O2S/c1-3-5-14(6-7-14)11-16-20(18,19)13-8-12(9-15)17(4-2)10-13/h8,10,16H,3-7,9,11,15H2,1-2H3. The second kappa shape index (κ2) is 5.87. The Labute approximate surface area is 121 Å². The highest BCUT2D eigenvalue weighted by Gasteiger charge is 2.42. The van der Waals surface area contributed by atoms with Gasteiger partial charge in [0.15, 0.2) is 0 Å². The molecule has 114 valence electrons. The van der Waals surface area contributed by atoms with E-state index in [4.69, 9.17) is 5.73 Å². The summed E-state index contributed by atoms with van der Waals surface area (Å²) in [6.07, 6.45) is 6.13. The Morgan fingerprint density at radius 3 is 2.55 bits per heavy atom. The summed E-state index contributed by atoms with van der Waals surface area (Å²) in [7, 11) is -3.42. The van der Waals surface area contributed by atoms with E-state index in [-0.39, 0.29) is 5.41 Å². The topological polar surface area (TPSA) is 77.1 Å². The molecule has 0 unspecified atom stereocenters. The van der Waals surface area contributed by atoms with E-state index in [2.05, 4.69) is 11.6 Å². The van der Waals surface area contributed by atoms with Crippen LogP contribution >= 0.6 is 0 Å². The first-order valence-electron chi connectivity index (χ1n) is 7.35. The zero-order valence-corrected chi connectivity index (χ0v) is 13.2. The van der Waals surface area contributed by atoms with Crippen LogP contribution in [0.15, 0.2) is 17.2 Å². The molecule has 0 atom stereocenters. The van der Waals surface area contributed by atoms with Crippen molar-refractivity contribution in [2.45, 2.75) is 57.5 Å². The van der Waals surface area contributed by atoms with Crippen LogP contribution in [0.5, 0.6) is 0 Å². The molecule has 3 N–H and O–H groups in total. The minimum Gasteiger partial charge on any atom is -0.349 e. The summed E-state index contributed by atoms with van der Waals surface area (Å²) in [4.78, 5) is 0.326. The van der Waals surface area contributed by atoms with Gasteiger partial charge in [0.1, 0.15) is 0 Å².